The molecule has 0 aliphatic carbocycles. The maximum atomic E-state index is 10.8. The second-order valence-electron chi connectivity index (χ2n) is 3.46. The van der Waals surface area contributed by atoms with E-state index in [1.807, 2.05) is 25.1 Å². The van der Waals surface area contributed by atoms with Gasteiger partial charge in [0.1, 0.15) is 6.04 Å². The number of amides is 1. The summed E-state index contributed by atoms with van der Waals surface area (Å²) in [6.45, 7) is 1.95. The van der Waals surface area contributed by atoms with Crippen LogP contribution in [0.25, 0.3) is 0 Å². The average Bonchev–Trinajstić information content (AvgIpc) is 2.22. The quantitative estimate of drug-likeness (QED) is 0.806. The van der Waals surface area contributed by atoms with Crippen LogP contribution in [0.5, 0.6) is 0 Å². The number of aryl methyl sites for hydroxylation is 1. The van der Waals surface area contributed by atoms with Crippen LogP contribution in [0.1, 0.15) is 11.1 Å². The Morgan fingerprint density at radius 1 is 1.62 bits per heavy atom. The highest BCUT2D eigenvalue weighted by molar-refractivity contribution is 9.10. The lowest BCUT2D eigenvalue weighted by Gasteiger charge is -2.11. The molecular weight excluding hydrogens is 274 g/mol. The maximum Gasteiger partial charge on any atom is 0.326 e. The molecule has 0 aliphatic rings. The lowest BCUT2D eigenvalue weighted by atomic mass is 10.0. The summed E-state index contributed by atoms with van der Waals surface area (Å²) >= 11 is 3.37. The summed E-state index contributed by atoms with van der Waals surface area (Å²) in [6, 6.07) is 4.73. The van der Waals surface area contributed by atoms with Crippen LogP contribution in [0.2, 0.25) is 0 Å². The van der Waals surface area contributed by atoms with Gasteiger partial charge in [0, 0.05) is 10.9 Å². The van der Waals surface area contributed by atoms with Crippen molar-refractivity contribution in [3.05, 3.63) is 33.8 Å². The van der Waals surface area contributed by atoms with Crippen molar-refractivity contribution in [2.24, 2.45) is 0 Å². The molecule has 0 aliphatic heterocycles. The van der Waals surface area contributed by atoms with E-state index in [1.165, 1.54) is 0 Å². The zero-order chi connectivity index (χ0) is 12.1. The average molecular weight is 286 g/mol. The number of benzene rings is 1. The summed E-state index contributed by atoms with van der Waals surface area (Å²) in [4.78, 5) is 21.1. The van der Waals surface area contributed by atoms with Gasteiger partial charge in [-0.25, -0.2) is 4.79 Å². The second-order valence-corrected chi connectivity index (χ2v) is 4.32. The lowest BCUT2D eigenvalue weighted by molar-refractivity contribution is -0.140. The molecule has 1 unspecified atom stereocenters. The molecule has 16 heavy (non-hydrogen) atoms. The molecule has 2 N–H and O–H groups in total. The minimum Gasteiger partial charge on any atom is -0.480 e. The number of carboxylic acid groups (broad SMARTS) is 1. The Morgan fingerprint density at radius 3 is 2.81 bits per heavy atom. The first-order chi connectivity index (χ1) is 7.54. The third-order valence-corrected chi connectivity index (χ3v) is 3.10. The topological polar surface area (TPSA) is 66.4 Å². The van der Waals surface area contributed by atoms with Crippen LogP contribution in [0, 0.1) is 6.92 Å². The van der Waals surface area contributed by atoms with Gasteiger partial charge in [-0.1, -0.05) is 28.1 Å². The predicted octanol–water partition coefficient (Wildman–Crippen LogP) is 1.50. The number of carbonyl (C=O) groups is 2. The predicted molar refractivity (Wildman–Crippen MR) is 63.2 cm³/mol. The van der Waals surface area contributed by atoms with Gasteiger partial charge in [0.15, 0.2) is 0 Å². The minimum atomic E-state index is -1.04. The van der Waals surface area contributed by atoms with Gasteiger partial charge in [-0.05, 0) is 24.1 Å². The normalized spacial score (nSPS) is 11.9. The lowest BCUT2D eigenvalue weighted by Crippen LogP contribution is -2.37. The Bertz CT molecular complexity index is 406. The molecule has 0 spiro atoms. The van der Waals surface area contributed by atoms with Crippen molar-refractivity contribution >= 4 is 28.3 Å². The zero-order valence-corrected chi connectivity index (χ0v) is 10.3. The Balaban J connectivity index is 2.81. The Kier molecular flexibility index (Phi) is 4.49. The maximum absolute atomic E-state index is 10.8. The van der Waals surface area contributed by atoms with E-state index < -0.39 is 12.0 Å². The highest BCUT2D eigenvalue weighted by atomic mass is 79.9. The Morgan fingerprint density at radius 2 is 2.31 bits per heavy atom. The fourth-order valence-corrected chi connectivity index (χ4v) is 1.72. The summed E-state index contributed by atoms with van der Waals surface area (Å²) in [5.41, 5.74) is 1.94. The molecule has 0 heterocycles. The molecule has 1 aromatic carbocycles. The molecule has 0 bridgehead atoms. The third-order valence-electron chi connectivity index (χ3n) is 2.24. The standard InChI is InChI=1S/C11H12BrNO3/c1-7-2-3-8(4-9(7)12)5-10(11(15)16)13-6-14/h2-4,6,10H,5H2,1H3,(H,13,14)(H,15,16). The highest BCUT2D eigenvalue weighted by Crippen LogP contribution is 2.18. The van der Waals surface area contributed by atoms with E-state index in [1.54, 1.807) is 0 Å². The van der Waals surface area contributed by atoms with Crippen molar-refractivity contribution in [2.75, 3.05) is 0 Å². The van der Waals surface area contributed by atoms with Crippen LogP contribution >= 0.6 is 15.9 Å². The van der Waals surface area contributed by atoms with Gasteiger partial charge in [-0.2, -0.15) is 0 Å². The molecule has 1 atom stereocenters. The van der Waals surface area contributed by atoms with Gasteiger partial charge in [0.05, 0.1) is 0 Å². The van der Waals surface area contributed by atoms with Crippen molar-refractivity contribution in [1.82, 2.24) is 5.32 Å². The molecule has 0 saturated heterocycles. The number of halogens is 1. The molecule has 4 nitrogen and oxygen atoms in total. The van der Waals surface area contributed by atoms with Gasteiger partial charge < -0.3 is 10.4 Å². The van der Waals surface area contributed by atoms with Crippen LogP contribution in [0.4, 0.5) is 0 Å². The summed E-state index contributed by atoms with van der Waals surface area (Å²) < 4.78 is 0.931. The van der Waals surface area contributed by atoms with Crippen molar-refractivity contribution < 1.29 is 14.7 Å². The van der Waals surface area contributed by atoms with E-state index >= 15 is 0 Å². The van der Waals surface area contributed by atoms with Gasteiger partial charge in [-0.3, -0.25) is 4.79 Å². The molecule has 1 aromatic rings. The van der Waals surface area contributed by atoms with E-state index in [0.29, 0.717) is 6.41 Å². The first-order valence-electron chi connectivity index (χ1n) is 4.72. The second kappa shape index (κ2) is 5.65. The van der Waals surface area contributed by atoms with E-state index in [2.05, 4.69) is 21.2 Å². The molecule has 1 rings (SSSR count). The summed E-state index contributed by atoms with van der Waals surface area (Å²) in [7, 11) is 0. The monoisotopic (exact) mass is 285 g/mol. The van der Waals surface area contributed by atoms with Crippen molar-refractivity contribution in [2.45, 2.75) is 19.4 Å². The van der Waals surface area contributed by atoms with E-state index in [9.17, 15) is 9.59 Å². The molecule has 0 saturated carbocycles. The van der Waals surface area contributed by atoms with E-state index in [4.69, 9.17) is 5.11 Å². The van der Waals surface area contributed by atoms with Crippen molar-refractivity contribution in [3.63, 3.8) is 0 Å². The largest absolute Gasteiger partial charge is 0.480 e. The van der Waals surface area contributed by atoms with Crippen molar-refractivity contribution in [1.29, 1.82) is 0 Å². The van der Waals surface area contributed by atoms with Crippen LogP contribution in [-0.2, 0) is 16.0 Å². The van der Waals surface area contributed by atoms with E-state index in [-0.39, 0.29) is 6.42 Å². The van der Waals surface area contributed by atoms with Crippen LogP contribution in [0.15, 0.2) is 22.7 Å². The molecule has 0 aromatic heterocycles. The number of hydrogen-bond acceptors (Lipinski definition) is 2. The molecule has 0 radical (unpaired) electrons. The van der Waals surface area contributed by atoms with Crippen molar-refractivity contribution in [3.8, 4) is 0 Å². The Hall–Kier alpha value is -1.36. The van der Waals surface area contributed by atoms with Gasteiger partial charge in [0.25, 0.3) is 0 Å². The van der Waals surface area contributed by atoms with Crippen LogP contribution < -0.4 is 5.32 Å². The summed E-state index contributed by atoms with van der Waals surface area (Å²) in [5.74, 6) is -1.04. The molecule has 0 fully saturated rings. The first-order valence-corrected chi connectivity index (χ1v) is 5.51. The first kappa shape index (κ1) is 12.7. The number of hydrogen-bond donors (Lipinski definition) is 2. The van der Waals surface area contributed by atoms with Crippen LogP contribution in [0.3, 0.4) is 0 Å². The highest BCUT2D eigenvalue weighted by Gasteiger charge is 2.16. The molecular formula is C11H12BrNO3. The number of carbonyl (C=O) groups excluding carboxylic acids is 1. The SMILES string of the molecule is Cc1ccc(CC(NC=O)C(=O)O)cc1Br. The minimum absolute atomic E-state index is 0.271. The smallest absolute Gasteiger partial charge is 0.326 e. The van der Waals surface area contributed by atoms with E-state index in [0.717, 1.165) is 15.6 Å². The van der Waals surface area contributed by atoms with Gasteiger partial charge in [-0.15, -0.1) is 0 Å². The fraction of sp³-hybridized carbons (Fsp3) is 0.273. The fourth-order valence-electron chi connectivity index (χ4n) is 1.30. The number of rotatable bonds is 5. The summed E-state index contributed by atoms with van der Waals surface area (Å²) in [6.07, 6.45) is 0.676. The Labute approximate surface area is 102 Å². The van der Waals surface area contributed by atoms with Gasteiger partial charge in [0.2, 0.25) is 6.41 Å². The molecule has 1 amide bonds. The number of aliphatic carboxylic acids is 1. The number of nitrogens with one attached hydrogen (secondary N) is 1. The molecule has 5 heteroatoms. The third kappa shape index (κ3) is 3.34. The number of carboxylic acids is 1. The van der Waals surface area contributed by atoms with Gasteiger partial charge >= 0.3 is 5.97 Å². The molecule has 86 valence electrons. The van der Waals surface area contributed by atoms with Crippen LogP contribution in [-0.4, -0.2) is 23.5 Å². The summed E-state index contributed by atoms with van der Waals surface area (Å²) in [5, 5.41) is 11.1. The zero-order valence-electron chi connectivity index (χ0n) is 8.74.